The minimum atomic E-state index is -0.424. The van der Waals surface area contributed by atoms with Gasteiger partial charge in [-0.25, -0.2) is 8.78 Å². The Labute approximate surface area is 114 Å². The Hall–Kier alpha value is -0.960. The predicted molar refractivity (Wildman–Crippen MR) is 74.1 cm³/mol. The van der Waals surface area contributed by atoms with Gasteiger partial charge in [-0.1, -0.05) is 31.7 Å². The summed E-state index contributed by atoms with van der Waals surface area (Å²) in [5, 5.41) is 3.14. The molecule has 0 spiro atoms. The highest BCUT2D eigenvalue weighted by atomic mass is 19.1. The van der Waals surface area contributed by atoms with E-state index in [-0.39, 0.29) is 17.4 Å². The Morgan fingerprint density at radius 3 is 2.32 bits per heavy atom. The summed E-state index contributed by atoms with van der Waals surface area (Å²) in [6, 6.07) is 2.68. The molecule has 0 amide bonds. The zero-order chi connectivity index (χ0) is 13.8. The Balaban J connectivity index is 2.33. The van der Waals surface area contributed by atoms with Crippen LogP contribution in [0.5, 0.6) is 0 Å². The summed E-state index contributed by atoms with van der Waals surface area (Å²) >= 11 is 0. The second-order valence-corrected chi connectivity index (χ2v) is 5.61. The number of benzene rings is 1. The van der Waals surface area contributed by atoms with Crippen LogP contribution in [0.25, 0.3) is 0 Å². The molecular weight excluding hydrogens is 244 g/mol. The first-order valence-corrected chi connectivity index (χ1v) is 7.27. The van der Waals surface area contributed by atoms with Crippen LogP contribution in [0, 0.1) is 24.5 Å². The summed E-state index contributed by atoms with van der Waals surface area (Å²) in [6.45, 7) is 1.69. The van der Waals surface area contributed by atoms with Crippen molar-refractivity contribution in [3.8, 4) is 0 Å². The molecule has 1 saturated carbocycles. The van der Waals surface area contributed by atoms with E-state index in [0.717, 1.165) is 25.7 Å². The predicted octanol–water partition coefficient (Wildman–Crippen LogP) is 4.50. The molecular formula is C16H23F2N. The van der Waals surface area contributed by atoms with Crippen LogP contribution in [0.15, 0.2) is 12.1 Å². The fraction of sp³-hybridized carbons (Fsp3) is 0.625. The molecule has 1 atom stereocenters. The SMILES string of the molecule is CNC(c1c(F)ccc(C)c1F)C1CCCCCC1. The van der Waals surface area contributed by atoms with Gasteiger partial charge in [-0.3, -0.25) is 0 Å². The number of nitrogens with one attached hydrogen (secondary N) is 1. The lowest BCUT2D eigenvalue weighted by atomic mass is 9.86. The molecule has 1 nitrogen and oxygen atoms in total. The maximum absolute atomic E-state index is 14.3. The monoisotopic (exact) mass is 267 g/mol. The third-order valence-electron chi connectivity index (χ3n) is 4.31. The van der Waals surface area contributed by atoms with Crippen molar-refractivity contribution in [2.75, 3.05) is 7.05 Å². The zero-order valence-corrected chi connectivity index (χ0v) is 11.8. The summed E-state index contributed by atoms with van der Waals surface area (Å²) in [4.78, 5) is 0. The van der Waals surface area contributed by atoms with Gasteiger partial charge < -0.3 is 5.32 Å². The first-order valence-electron chi connectivity index (χ1n) is 7.27. The van der Waals surface area contributed by atoms with Gasteiger partial charge in [0.25, 0.3) is 0 Å². The molecule has 0 aliphatic heterocycles. The topological polar surface area (TPSA) is 12.0 Å². The van der Waals surface area contributed by atoms with Crippen LogP contribution in [0.4, 0.5) is 8.78 Å². The van der Waals surface area contributed by atoms with Crippen LogP contribution < -0.4 is 5.32 Å². The number of aryl methyl sites for hydroxylation is 1. The van der Waals surface area contributed by atoms with Gasteiger partial charge in [0.05, 0.1) is 0 Å². The smallest absolute Gasteiger partial charge is 0.133 e. The average molecular weight is 267 g/mol. The first-order chi connectivity index (χ1) is 9.15. The number of rotatable bonds is 3. The fourth-order valence-corrected chi connectivity index (χ4v) is 3.22. The normalized spacial score (nSPS) is 19.2. The molecule has 19 heavy (non-hydrogen) atoms. The van der Waals surface area contributed by atoms with E-state index in [4.69, 9.17) is 0 Å². The molecule has 0 heterocycles. The highest BCUT2D eigenvalue weighted by Crippen LogP contribution is 2.36. The van der Waals surface area contributed by atoms with Gasteiger partial charge in [-0.15, -0.1) is 0 Å². The highest BCUT2D eigenvalue weighted by Gasteiger charge is 2.28. The van der Waals surface area contributed by atoms with Gasteiger partial charge in [0.15, 0.2) is 0 Å². The van der Waals surface area contributed by atoms with E-state index < -0.39 is 5.82 Å². The van der Waals surface area contributed by atoms with Gasteiger partial charge >= 0.3 is 0 Å². The van der Waals surface area contributed by atoms with Crippen molar-refractivity contribution in [1.29, 1.82) is 0 Å². The lowest BCUT2D eigenvalue weighted by molar-refractivity contribution is 0.323. The molecule has 3 heteroatoms. The number of hydrogen-bond donors (Lipinski definition) is 1. The van der Waals surface area contributed by atoms with E-state index in [0.29, 0.717) is 11.5 Å². The molecule has 1 fully saturated rings. The molecule has 1 aromatic carbocycles. The van der Waals surface area contributed by atoms with Crippen molar-refractivity contribution in [3.05, 3.63) is 34.9 Å². The van der Waals surface area contributed by atoms with Gasteiger partial charge in [-0.05, 0) is 44.4 Å². The molecule has 1 unspecified atom stereocenters. The second kappa shape index (κ2) is 6.47. The first kappa shape index (κ1) is 14.4. The quantitative estimate of drug-likeness (QED) is 0.795. The zero-order valence-electron chi connectivity index (χ0n) is 11.8. The summed E-state index contributed by atoms with van der Waals surface area (Å²) in [7, 11) is 1.80. The molecule has 0 bridgehead atoms. The average Bonchev–Trinajstić information content (AvgIpc) is 2.68. The summed E-state index contributed by atoms with van der Waals surface area (Å²) in [5.41, 5.74) is 0.750. The molecule has 0 aromatic heterocycles. The number of halogens is 2. The molecule has 1 aliphatic rings. The van der Waals surface area contributed by atoms with E-state index in [1.54, 1.807) is 14.0 Å². The second-order valence-electron chi connectivity index (χ2n) is 5.61. The van der Waals surface area contributed by atoms with Gasteiger partial charge in [0.2, 0.25) is 0 Å². The Kier molecular flexibility index (Phi) is 4.92. The molecule has 106 valence electrons. The van der Waals surface area contributed by atoms with E-state index in [9.17, 15) is 8.78 Å². The highest BCUT2D eigenvalue weighted by molar-refractivity contribution is 5.29. The maximum Gasteiger partial charge on any atom is 0.133 e. The summed E-state index contributed by atoms with van der Waals surface area (Å²) in [6.07, 6.45) is 6.92. The molecule has 2 rings (SSSR count). The van der Waals surface area contributed by atoms with Crippen LogP contribution >= 0.6 is 0 Å². The van der Waals surface area contributed by atoms with E-state index >= 15 is 0 Å². The Morgan fingerprint density at radius 2 is 1.74 bits per heavy atom. The van der Waals surface area contributed by atoms with Gasteiger partial charge in [0, 0.05) is 11.6 Å². The standard InChI is InChI=1S/C16H23F2N/c1-11-9-10-13(17)14(15(11)18)16(19-2)12-7-5-3-4-6-8-12/h9-10,12,16,19H,3-8H2,1-2H3. The molecule has 0 radical (unpaired) electrons. The van der Waals surface area contributed by atoms with Crippen molar-refractivity contribution >= 4 is 0 Å². The van der Waals surface area contributed by atoms with Crippen LogP contribution in [-0.4, -0.2) is 7.05 Å². The number of hydrogen-bond acceptors (Lipinski definition) is 1. The lowest BCUT2D eigenvalue weighted by Gasteiger charge is -2.27. The minimum absolute atomic E-state index is 0.210. The van der Waals surface area contributed by atoms with Gasteiger partial charge in [0.1, 0.15) is 11.6 Å². The summed E-state index contributed by atoms with van der Waals surface area (Å²) < 4.78 is 28.3. The molecule has 0 saturated heterocycles. The minimum Gasteiger partial charge on any atom is -0.313 e. The van der Waals surface area contributed by atoms with Crippen molar-refractivity contribution in [3.63, 3.8) is 0 Å². The lowest BCUT2D eigenvalue weighted by Crippen LogP contribution is -2.27. The van der Waals surface area contributed by atoms with Crippen LogP contribution in [0.2, 0.25) is 0 Å². The van der Waals surface area contributed by atoms with Crippen molar-refractivity contribution in [2.24, 2.45) is 5.92 Å². The van der Waals surface area contributed by atoms with Crippen LogP contribution in [0.1, 0.15) is 55.7 Å². The Morgan fingerprint density at radius 1 is 1.11 bits per heavy atom. The largest absolute Gasteiger partial charge is 0.313 e. The van der Waals surface area contributed by atoms with Crippen LogP contribution in [-0.2, 0) is 0 Å². The van der Waals surface area contributed by atoms with E-state index in [1.165, 1.54) is 25.0 Å². The third kappa shape index (κ3) is 3.14. The fourth-order valence-electron chi connectivity index (χ4n) is 3.22. The van der Waals surface area contributed by atoms with Crippen molar-refractivity contribution < 1.29 is 8.78 Å². The maximum atomic E-state index is 14.3. The summed E-state index contributed by atoms with van der Waals surface area (Å²) in [5.74, 6) is -0.478. The van der Waals surface area contributed by atoms with Crippen molar-refractivity contribution in [1.82, 2.24) is 5.32 Å². The molecule has 1 N–H and O–H groups in total. The van der Waals surface area contributed by atoms with E-state index in [2.05, 4.69) is 5.32 Å². The molecule has 1 aromatic rings. The van der Waals surface area contributed by atoms with Gasteiger partial charge in [-0.2, -0.15) is 0 Å². The Bertz CT molecular complexity index is 423. The molecule has 1 aliphatic carbocycles. The van der Waals surface area contributed by atoms with E-state index in [1.807, 2.05) is 0 Å². The van der Waals surface area contributed by atoms with Crippen molar-refractivity contribution in [2.45, 2.75) is 51.5 Å². The third-order valence-corrected chi connectivity index (χ3v) is 4.31. The van der Waals surface area contributed by atoms with Crippen LogP contribution in [0.3, 0.4) is 0 Å².